The number of pyridine rings is 1. The van der Waals surface area contributed by atoms with E-state index in [1.54, 1.807) is 30.5 Å². The summed E-state index contributed by atoms with van der Waals surface area (Å²) in [5.41, 5.74) is 4.20. The minimum Gasteiger partial charge on any atom is -0.354 e. The maximum absolute atomic E-state index is 15.1. The number of hydrogen-bond acceptors (Lipinski definition) is 8. The molecule has 250 valence electrons. The topological polar surface area (TPSA) is 102 Å². The number of piperazine rings is 1. The fraction of sp³-hybridized carbons (Fsp3) is 0.306. The molecule has 0 spiro atoms. The van der Waals surface area contributed by atoms with Gasteiger partial charge in [-0.05, 0) is 66.9 Å². The maximum Gasteiger partial charge on any atom is 0.328 e. The Hall–Kier alpha value is -5.43. The highest BCUT2D eigenvalue weighted by molar-refractivity contribution is 6.05. The molecular formula is C36H35F2N9O2. The Bertz CT molecular complexity index is 2040. The Morgan fingerprint density at radius 3 is 2.53 bits per heavy atom. The second kappa shape index (κ2) is 12.9. The number of halogens is 2. The molecule has 3 amide bonds. The van der Waals surface area contributed by atoms with Gasteiger partial charge in [0.15, 0.2) is 5.65 Å². The Labute approximate surface area is 281 Å². The second-order valence-electron chi connectivity index (χ2n) is 12.7. The van der Waals surface area contributed by atoms with E-state index in [2.05, 4.69) is 25.0 Å². The van der Waals surface area contributed by atoms with Crippen LogP contribution in [0.25, 0.3) is 17.0 Å². The summed E-state index contributed by atoms with van der Waals surface area (Å²) in [5, 5.41) is 7.26. The number of carbonyl (C=O) groups excluding carboxylic acids is 2. The monoisotopic (exact) mass is 663 g/mol. The van der Waals surface area contributed by atoms with E-state index in [-0.39, 0.29) is 36.5 Å². The summed E-state index contributed by atoms with van der Waals surface area (Å²) in [7, 11) is 0. The van der Waals surface area contributed by atoms with Crippen molar-refractivity contribution < 1.29 is 18.4 Å². The normalized spacial score (nSPS) is 18.8. The van der Waals surface area contributed by atoms with Gasteiger partial charge in [0.1, 0.15) is 29.0 Å². The van der Waals surface area contributed by atoms with Crippen molar-refractivity contribution >= 4 is 34.9 Å². The van der Waals surface area contributed by atoms with E-state index < -0.39 is 6.03 Å². The van der Waals surface area contributed by atoms with Crippen molar-refractivity contribution in [1.82, 2.24) is 29.8 Å². The zero-order chi connectivity index (χ0) is 33.5. The number of imidazole rings is 1. The number of benzene rings is 2. The number of aromatic nitrogens is 4. The van der Waals surface area contributed by atoms with Crippen LogP contribution in [0.5, 0.6) is 0 Å². The lowest BCUT2D eigenvalue weighted by atomic mass is 10.0. The van der Waals surface area contributed by atoms with E-state index in [0.29, 0.717) is 17.8 Å². The van der Waals surface area contributed by atoms with Crippen LogP contribution in [0.3, 0.4) is 0 Å². The molecule has 5 aromatic rings. The number of anilines is 3. The lowest BCUT2D eigenvalue weighted by molar-refractivity contribution is -0.120. The number of carbonyl (C=O) groups is 2. The van der Waals surface area contributed by atoms with Crippen molar-refractivity contribution in [2.75, 3.05) is 54.0 Å². The molecule has 3 aliphatic rings. The molecule has 3 aromatic heterocycles. The van der Waals surface area contributed by atoms with Crippen LogP contribution in [0.15, 0.2) is 79.0 Å². The first-order valence-corrected chi connectivity index (χ1v) is 16.6. The maximum atomic E-state index is 15.1. The van der Waals surface area contributed by atoms with Crippen molar-refractivity contribution in [1.29, 1.82) is 0 Å². The van der Waals surface area contributed by atoms with Crippen LogP contribution in [-0.4, -0.2) is 75.7 Å². The van der Waals surface area contributed by atoms with Crippen LogP contribution >= 0.6 is 0 Å². The van der Waals surface area contributed by atoms with E-state index in [1.165, 1.54) is 17.0 Å². The number of amides is 3. The fourth-order valence-electron chi connectivity index (χ4n) is 7.05. The van der Waals surface area contributed by atoms with Gasteiger partial charge in [-0.1, -0.05) is 24.3 Å². The molecule has 0 bridgehead atoms. The van der Waals surface area contributed by atoms with Crippen molar-refractivity contribution in [3.63, 3.8) is 0 Å². The summed E-state index contributed by atoms with van der Waals surface area (Å²) in [6.45, 7) is 4.42. The van der Waals surface area contributed by atoms with Crippen LogP contribution in [-0.2, 0) is 11.3 Å². The van der Waals surface area contributed by atoms with Gasteiger partial charge in [-0.25, -0.2) is 28.1 Å². The third-order valence-corrected chi connectivity index (χ3v) is 9.62. The first-order valence-electron chi connectivity index (χ1n) is 16.6. The van der Waals surface area contributed by atoms with Gasteiger partial charge in [0.2, 0.25) is 5.91 Å². The van der Waals surface area contributed by atoms with Crippen LogP contribution in [0.4, 0.5) is 30.9 Å². The van der Waals surface area contributed by atoms with E-state index >= 15 is 4.39 Å². The number of urea groups is 1. The number of nitrogens with zero attached hydrogens (tertiary/aromatic N) is 8. The van der Waals surface area contributed by atoms with E-state index in [1.807, 2.05) is 40.9 Å². The molecule has 3 saturated heterocycles. The minimum atomic E-state index is -0.530. The standard InChI is InChI=1S/C36H35F2N9O2/c37-26-5-1-4-24(20-26)30-7-3-14-46(30)34-12-11-32-39-22-31(47(32)42-34)29-6-2-8-33(40-29)44-18-16-43(17-19-44)23-25-9-10-27(21-28(25)38)45-15-13-35(48)41-36(45)49/h1-2,4-6,8-12,20-22,30H,3,7,13-19,23H2,(H,41,48,49)/t30-/m1/s1. The summed E-state index contributed by atoms with van der Waals surface area (Å²) in [4.78, 5) is 41.3. The summed E-state index contributed by atoms with van der Waals surface area (Å²) in [5.74, 6) is 0.727. The highest BCUT2D eigenvalue weighted by atomic mass is 19.1. The number of hydrogen-bond donors (Lipinski definition) is 1. The highest BCUT2D eigenvalue weighted by Crippen LogP contribution is 2.36. The third kappa shape index (κ3) is 6.17. The molecule has 3 aliphatic heterocycles. The van der Waals surface area contributed by atoms with E-state index in [4.69, 9.17) is 10.1 Å². The number of rotatable bonds is 7. The Kier molecular flexibility index (Phi) is 8.12. The molecule has 3 fully saturated rings. The van der Waals surface area contributed by atoms with Crippen molar-refractivity contribution in [2.45, 2.75) is 31.8 Å². The summed E-state index contributed by atoms with van der Waals surface area (Å²) >= 11 is 0. The summed E-state index contributed by atoms with van der Waals surface area (Å²) in [6, 6.07) is 21.0. The predicted molar refractivity (Wildman–Crippen MR) is 181 cm³/mol. The molecule has 0 radical (unpaired) electrons. The molecule has 0 unspecified atom stereocenters. The lowest BCUT2D eigenvalue weighted by Crippen LogP contribution is -2.49. The van der Waals surface area contributed by atoms with Crippen LogP contribution in [0.1, 0.15) is 36.4 Å². The number of fused-ring (bicyclic) bond motifs is 1. The smallest absolute Gasteiger partial charge is 0.328 e. The Morgan fingerprint density at radius 2 is 1.71 bits per heavy atom. The van der Waals surface area contributed by atoms with Gasteiger partial charge in [0.05, 0.1) is 17.9 Å². The molecule has 8 rings (SSSR count). The zero-order valence-electron chi connectivity index (χ0n) is 26.8. The van der Waals surface area contributed by atoms with Crippen molar-refractivity contribution in [3.8, 4) is 11.4 Å². The average molecular weight is 664 g/mol. The second-order valence-corrected chi connectivity index (χ2v) is 12.7. The molecule has 2 aromatic carbocycles. The average Bonchev–Trinajstić information content (AvgIpc) is 3.77. The first kappa shape index (κ1) is 30.9. The fourth-order valence-corrected chi connectivity index (χ4v) is 7.05. The SMILES string of the molecule is O=C1CCN(c2ccc(CN3CCN(c4cccc(-c5cnc6ccc(N7CCC[C@@H]7c7cccc(F)c7)nn56)n4)CC3)c(F)c2)C(=O)N1. The van der Waals surface area contributed by atoms with Crippen molar-refractivity contribution in [3.05, 3.63) is 102 Å². The van der Waals surface area contributed by atoms with Gasteiger partial charge in [0, 0.05) is 63.5 Å². The Balaban J connectivity index is 0.946. The van der Waals surface area contributed by atoms with Crippen LogP contribution in [0, 0.1) is 11.6 Å². The van der Waals surface area contributed by atoms with Crippen molar-refractivity contribution in [2.24, 2.45) is 0 Å². The molecule has 0 saturated carbocycles. The van der Waals surface area contributed by atoms with Gasteiger partial charge in [-0.3, -0.25) is 19.9 Å². The van der Waals surface area contributed by atoms with Gasteiger partial charge in [-0.2, -0.15) is 0 Å². The summed E-state index contributed by atoms with van der Waals surface area (Å²) < 4.78 is 31.0. The Morgan fingerprint density at radius 1 is 0.857 bits per heavy atom. The quantitative estimate of drug-likeness (QED) is 0.254. The third-order valence-electron chi connectivity index (χ3n) is 9.62. The van der Waals surface area contributed by atoms with E-state index in [0.717, 1.165) is 79.8 Å². The number of imide groups is 1. The zero-order valence-corrected chi connectivity index (χ0v) is 26.8. The largest absolute Gasteiger partial charge is 0.354 e. The molecule has 11 nitrogen and oxygen atoms in total. The van der Waals surface area contributed by atoms with Gasteiger partial charge >= 0.3 is 6.03 Å². The van der Waals surface area contributed by atoms with E-state index in [9.17, 15) is 14.0 Å². The van der Waals surface area contributed by atoms with Gasteiger partial charge < -0.3 is 9.80 Å². The first-order chi connectivity index (χ1) is 23.9. The molecule has 0 aliphatic carbocycles. The summed E-state index contributed by atoms with van der Waals surface area (Å²) in [6.07, 6.45) is 3.91. The molecule has 1 N–H and O–H groups in total. The molecule has 1 atom stereocenters. The predicted octanol–water partition coefficient (Wildman–Crippen LogP) is 5.18. The van der Waals surface area contributed by atoms with Gasteiger partial charge in [0.25, 0.3) is 0 Å². The van der Waals surface area contributed by atoms with Crippen LogP contribution in [0.2, 0.25) is 0 Å². The number of nitrogens with one attached hydrogen (secondary N) is 1. The molecule has 6 heterocycles. The molecule has 13 heteroatoms. The lowest BCUT2D eigenvalue weighted by Gasteiger charge is -2.35. The van der Waals surface area contributed by atoms with Gasteiger partial charge in [-0.15, -0.1) is 5.10 Å². The molecule has 49 heavy (non-hydrogen) atoms. The minimum absolute atomic E-state index is 0.0550. The molecular weight excluding hydrogens is 628 g/mol. The highest BCUT2D eigenvalue weighted by Gasteiger charge is 2.29. The van der Waals surface area contributed by atoms with Crippen LogP contribution < -0.4 is 20.0 Å².